The molecule has 0 amide bonds. The molecule has 0 spiro atoms. The van der Waals surface area contributed by atoms with Gasteiger partial charge in [0.05, 0.1) is 13.3 Å². The standard InChI is InChI=1S/C13H21N3O2/c1-8(2)16-12(11(18-4)7-15-16)13(17)10-6-14-5-9(10)3/h7-10,14H,5-6H2,1-4H3. The van der Waals surface area contributed by atoms with Crippen molar-refractivity contribution in [2.45, 2.75) is 26.8 Å². The zero-order chi connectivity index (χ0) is 13.3. The van der Waals surface area contributed by atoms with Crippen LogP contribution in [0.2, 0.25) is 0 Å². The Balaban J connectivity index is 2.36. The Morgan fingerprint density at radius 2 is 2.28 bits per heavy atom. The second kappa shape index (κ2) is 5.10. The van der Waals surface area contributed by atoms with Crippen LogP contribution in [-0.4, -0.2) is 35.8 Å². The molecule has 2 atom stereocenters. The van der Waals surface area contributed by atoms with Crippen molar-refractivity contribution >= 4 is 5.78 Å². The number of hydrogen-bond donors (Lipinski definition) is 1. The zero-order valence-corrected chi connectivity index (χ0v) is 11.4. The lowest BCUT2D eigenvalue weighted by Gasteiger charge is -2.16. The van der Waals surface area contributed by atoms with Crippen molar-refractivity contribution in [3.63, 3.8) is 0 Å². The third kappa shape index (κ3) is 2.14. The van der Waals surface area contributed by atoms with Gasteiger partial charge in [-0.25, -0.2) is 0 Å². The smallest absolute Gasteiger partial charge is 0.189 e. The van der Waals surface area contributed by atoms with Crippen LogP contribution in [0.25, 0.3) is 0 Å². The van der Waals surface area contributed by atoms with Gasteiger partial charge in [0.25, 0.3) is 0 Å². The molecule has 1 aromatic rings. The van der Waals surface area contributed by atoms with Crippen molar-refractivity contribution in [3.05, 3.63) is 11.9 Å². The van der Waals surface area contributed by atoms with Crippen LogP contribution in [0.3, 0.4) is 0 Å². The van der Waals surface area contributed by atoms with Crippen molar-refractivity contribution in [2.75, 3.05) is 20.2 Å². The van der Waals surface area contributed by atoms with Gasteiger partial charge in [0, 0.05) is 18.5 Å². The first kappa shape index (κ1) is 13.1. The summed E-state index contributed by atoms with van der Waals surface area (Å²) in [6.45, 7) is 7.77. The number of ketones is 1. The van der Waals surface area contributed by atoms with Crippen LogP contribution in [0.1, 0.15) is 37.3 Å². The van der Waals surface area contributed by atoms with Gasteiger partial charge in [-0.05, 0) is 26.3 Å². The molecule has 1 aromatic heterocycles. The van der Waals surface area contributed by atoms with Gasteiger partial charge in [-0.15, -0.1) is 0 Å². The fourth-order valence-corrected chi connectivity index (χ4v) is 2.46. The largest absolute Gasteiger partial charge is 0.493 e. The third-order valence-electron chi connectivity index (χ3n) is 3.56. The number of Topliss-reactive ketones (excluding diaryl/α,β-unsaturated/α-hetero) is 1. The van der Waals surface area contributed by atoms with Crippen LogP contribution in [0, 0.1) is 11.8 Å². The molecular weight excluding hydrogens is 230 g/mol. The topological polar surface area (TPSA) is 56.2 Å². The Labute approximate surface area is 108 Å². The highest BCUT2D eigenvalue weighted by Crippen LogP contribution is 2.28. The van der Waals surface area contributed by atoms with E-state index in [1.165, 1.54) is 0 Å². The van der Waals surface area contributed by atoms with Crippen LogP contribution in [0.5, 0.6) is 5.75 Å². The molecule has 5 nitrogen and oxygen atoms in total. The van der Waals surface area contributed by atoms with E-state index in [2.05, 4.69) is 17.3 Å². The van der Waals surface area contributed by atoms with Gasteiger partial charge in [0.2, 0.25) is 0 Å². The molecule has 0 aromatic carbocycles. The molecule has 2 heterocycles. The molecule has 1 N–H and O–H groups in total. The summed E-state index contributed by atoms with van der Waals surface area (Å²) in [6.07, 6.45) is 1.63. The van der Waals surface area contributed by atoms with E-state index in [0.29, 0.717) is 17.4 Å². The molecule has 18 heavy (non-hydrogen) atoms. The Morgan fingerprint density at radius 1 is 1.56 bits per heavy atom. The van der Waals surface area contributed by atoms with Crippen LogP contribution in [-0.2, 0) is 0 Å². The molecule has 5 heteroatoms. The second-order valence-corrected chi connectivity index (χ2v) is 5.21. The molecule has 100 valence electrons. The van der Waals surface area contributed by atoms with E-state index in [9.17, 15) is 4.79 Å². The summed E-state index contributed by atoms with van der Waals surface area (Å²) in [5, 5.41) is 7.51. The maximum absolute atomic E-state index is 12.6. The maximum atomic E-state index is 12.6. The lowest BCUT2D eigenvalue weighted by atomic mass is 9.91. The van der Waals surface area contributed by atoms with Gasteiger partial charge in [0.1, 0.15) is 5.69 Å². The first-order chi connectivity index (χ1) is 8.56. The van der Waals surface area contributed by atoms with Gasteiger partial charge < -0.3 is 10.1 Å². The van der Waals surface area contributed by atoms with Crippen LogP contribution >= 0.6 is 0 Å². The van der Waals surface area contributed by atoms with Crippen LogP contribution < -0.4 is 10.1 Å². The first-order valence-corrected chi connectivity index (χ1v) is 6.42. The third-order valence-corrected chi connectivity index (χ3v) is 3.56. The Hall–Kier alpha value is -1.36. The number of aromatic nitrogens is 2. The molecule has 0 aliphatic carbocycles. The zero-order valence-electron chi connectivity index (χ0n) is 11.4. The molecule has 1 aliphatic rings. The van der Waals surface area contributed by atoms with Gasteiger partial charge in [-0.3, -0.25) is 9.48 Å². The Kier molecular flexibility index (Phi) is 3.71. The SMILES string of the molecule is COc1cnn(C(C)C)c1C(=O)C1CNCC1C. The summed E-state index contributed by atoms with van der Waals surface area (Å²) < 4.78 is 7.02. The van der Waals surface area contributed by atoms with E-state index in [4.69, 9.17) is 4.74 Å². The van der Waals surface area contributed by atoms with E-state index in [-0.39, 0.29) is 17.7 Å². The minimum Gasteiger partial charge on any atom is -0.493 e. The van der Waals surface area contributed by atoms with E-state index >= 15 is 0 Å². The number of nitrogens with zero attached hydrogens (tertiary/aromatic N) is 2. The predicted octanol–water partition coefficient (Wildman–Crippen LogP) is 1.51. The van der Waals surface area contributed by atoms with Gasteiger partial charge in [-0.2, -0.15) is 5.10 Å². The van der Waals surface area contributed by atoms with E-state index in [1.807, 2.05) is 13.8 Å². The van der Waals surface area contributed by atoms with Crippen molar-refractivity contribution in [2.24, 2.45) is 11.8 Å². The molecule has 0 bridgehead atoms. The van der Waals surface area contributed by atoms with Crippen molar-refractivity contribution < 1.29 is 9.53 Å². The summed E-state index contributed by atoms with van der Waals surface area (Å²) in [6, 6.07) is 0.150. The number of nitrogens with one attached hydrogen (secondary N) is 1. The number of ether oxygens (including phenoxy) is 1. The average Bonchev–Trinajstić information content (AvgIpc) is 2.93. The fourth-order valence-electron chi connectivity index (χ4n) is 2.46. The summed E-state index contributed by atoms with van der Waals surface area (Å²) in [5.41, 5.74) is 0.605. The van der Waals surface area contributed by atoms with Gasteiger partial charge in [0.15, 0.2) is 11.5 Å². The highest BCUT2D eigenvalue weighted by Gasteiger charge is 2.34. The van der Waals surface area contributed by atoms with E-state index in [0.717, 1.165) is 13.1 Å². The number of carbonyl (C=O) groups is 1. The summed E-state index contributed by atoms with van der Waals surface area (Å²) in [5.74, 6) is 1.09. The minimum absolute atomic E-state index is 0.0214. The quantitative estimate of drug-likeness (QED) is 0.824. The normalized spacial score (nSPS) is 23.6. The first-order valence-electron chi connectivity index (χ1n) is 6.42. The number of hydrogen-bond acceptors (Lipinski definition) is 4. The second-order valence-electron chi connectivity index (χ2n) is 5.21. The van der Waals surface area contributed by atoms with Gasteiger partial charge >= 0.3 is 0 Å². The molecular formula is C13H21N3O2. The molecule has 1 fully saturated rings. The monoisotopic (exact) mass is 251 g/mol. The maximum Gasteiger partial charge on any atom is 0.189 e. The number of rotatable bonds is 4. The van der Waals surface area contributed by atoms with Crippen molar-refractivity contribution in [1.29, 1.82) is 0 Å². The Morgan fingerprint density at radius 3 is 2.78 bits per heavy atom. The number of carbonyl (C=O) groups excluding carboxylic acids is 1. The van der Waals surface area contributed by atoms with Crippen molar-refractivity contribution in [1.82, 2.24) is 15.1 Å². The molecule has 1 saturated heterocycles. The van der Waals surface area contributed by atoms with Crippen LogP contribution in [0.4, 0.5) is 0 Å². The predicted molar refractivity (Wildman–Crippen MR) is 69.0 cm³/mol. The minimum atomic E-state index is 0.0214. The lowest BCUT2D eigenvalue weighted by Crippen LogP contribution is -2.25. The van der Waals surface area contributed by atoms with E-state index < -0.39 is 0 Å². The molecule has 0 saturated carbocycles. The highest BCUT2D eigenvalue weighted by molar-refractivity contribution is 5.99. The average molecular weight is 251 g/mol. The summed E-state index contributed by atoms with van der Waals surface area (Å²) in [4.78, 5) is 12.6. The molecule has 0 radical (unpaired) electrons. The number of methoxy groups -OCH3 is 1. The summed E-state index contributed by atoms with van der Waals surface area (Å²) in [7, 11) is 1.58. The molecule has 1 aliphatic heterocycles. The van der Waals surface area contributed by atoms with E-state index in [1.54, 1.807) is 18.0 Å². The lowest BCUT2D eigenvalue weighted by molar-refractivity contribution is 0.0891. The van der Waals surface area contributed by atoms with Gasteiger partial charge in [-0.1, -0.05) is 6.92 Å². The fraction of sp³-hybridized carbons (Fsp3) is 0.692. The Bertz CT molecular complexity index is 439. The summed E-state index contributed by atoms with van der Waals surface area (Å²) >= 11 is 0. The molecule has 2 unspecified atom stereocenters. The van der Waals surface area contributed by atoms with Crippen molar-refractivity contribution in [3.8, 4) is 5.75 Å². The molecule has 2 rings (SSSR count). The van der Waals surface area contributed by atoms with Crippen LogP contribution in [0.15, 0.2) is 6.20 Å². The highest BCUT2D eigenvalue weighted by atomic mass is 16.5.